The fourth-order valence-electron chi connectivity index (χ4n) is 4.13. The fourth-order valence-corrected chi connectivity index (χ4v) is 4.65. The van der Waals surface area contributed by atoms with Crippen LogP contribution in [0.2, 0.25) is 0 Å². The summed E-state index contributed by atoms with van der Waals surface area (Å²) in [6, 6.07) is 6.30. The Balaban J connectivity index is 1.73. The monoisotopic (exact) mass is 491 g/mol. The van der Waals surface area contributed by atoms with Crippen molar-refractivity contribution in [2.45, 2.75) is 37.9 Å². The number of pyridine rings is 1. The molecule has 2 aliphatic rings. The quantitative estimate of drug-likeness (QED) is 0.518. The second kappa shape index (κ2) is 7.73. The Morgan fingerprint density at radius 3 is 2.47 bits per heavy atom. The number of thiocarbonyl (C=S) groups is 1. The number of halogens is 4. The number of primary amides is 1. The van der Waals surface area contributed by atoms with Crippen LogP contribution in [0.3, 0.4) is 0 Å². The maximum absolute atomic E-state index is 15.1. The molecule has 0 bridgehead atoms. The third-order valence-corrected chi connectivity index (χ3v) is 6.36. The Bertz CT molecular complexity index is 1270. The van der Waals surface area contributed by atoms with Crippen molar-refractivity contribution < 1.29 is 27.2 Å². The lowest BCUT2D eigenvalue weighted by Crippen LogP contribution is -2.44. The Morgan fingerprint density at radius 2 is 1.97 bits per heavy atom. The average Bonchev–Trinajstić information content (AvgIpc) is 3.52. The lowest BCUT2D eigenvalue weighted by molar-refractivity contribution is -0.140. The van der Waals surface area contributed by atoms with E-state index in [0.717, 1.165) is 12.1 Å². The summed E-state index contributed by atoms with van der Waals surface area (Å²) in [6.07, 6.45) is -3.15. The molecule has 2 aromatic rings. The molecule has 1 aromatic carbocycles. The van der Waals surface area contributed by atoms with Gasteiger partial charge in [-0.1, -0.05) is 0 Å². The van der Waals surface area contributed by atoms with Gasteiger partial charge in [0, 0.05) is 17.5 Å². The van der Waals surface area contributed by atoms with Crippen molar-refractivity contribution in [2.75, 3.05) is 9.80 Å². The second-order valence-corrected chi connectivity index (χ2v) is 8.91. The summed E-state index contributed by atoms with van der Waals surface area (Å²) < 4.78 is 55.4. The normalized spacial score (nSPS) is 21.6. The van der Waals surface area contributed by atoms with E-state index in [-0.39, 0.29) is 16.9 Å². The first-order chi connectivity index (χ1) is 15.8. The molecule has 2 atom stereocenters. The van der Waals surface area contributed by atoms with Gasteiger partial charge in [-0.3, -0.25) is 19.5 Å². The molecule has 2 fully saturated rings. The van der Waals surface area contributed by atoms with Crippen LogP contribution >= 0.6 is 12.2 Å². The summed E-state index contributed by atoms with van der Waals surface area (Å²) in [7, 11) is 0. The van der Waals surface area contributed by atoms with Crippen LogP contribution in [-0.4, -0.2) is 27.4 Å². The molecule has 1 aliphatic carbocycles. The highest BCUT2D eigenvalue weighted by molar-refractivity contribution is 7.81. The number of nitrogens with two attached hydrogens (primary N) is 1. The smallest absolute Gasteiger partial charge is 0.369 e. The summed E-state index contributed by atoms with van der Waals surface area (Å²) in [5.41, 5.74) is 1.54. The van der Waals surface area contributed by atoms with Crippen LogP contribution in [0.25, 0.3) is 0 Å². The number of nitriles is 1. The van der Waals surface area contributed by atoms with Gasteiger partial charge in [0.1, 0.15) is 11.1 Å². The summed E-state index contributed by atoms with van der Waals surface area (Å²) in [4.78, 5) is 30.9. The SMILES string of the molecule is CC1(C)C(=O)N(c2ccc(C#N)c(C(F)(F)F)c2F)C(=S)N1c1ccc(C2CC2C(N)=O)nc1. The maximum Gasteiger partial charge on any atom is 0.420 e. The molecule has 1 saturated heterocycles. The number of rotatable bonds is 4. The van der Waals surface area contributed by atoms with Crippen molar-refractivity contribution in [3.63, 3.8) is 0 Å². The number of amides is 2. The number of carbonyl (C=O) groups excluding carboxylic acids is 2. The van der Waals surface area contributed by atoms with Crippen LogP contribution in [0.4, 0.5) is 28.9 Å². The second-order valence-electron chi connectivity index (χ2n) is 8.54. The number of benzene rings is 1. The Labute approximate surface area is 196 Å². The van der Waals surface area contributed by atoms with Crippen molar-refractivity contribution in [1.82, 2.24) is 4.98 Å². The molecule has 7 nitrogen and oxygen atoms in total. The molecule has 2 N–H and O–H groups in total. The van der Waals surface area contributed by atoms with Crippen LogP contribution in [0.1, 0.15) is 43.0 Å². The van der Waals surface area contributed by atoms with Gasteiger partial charge in [-0.2, -0.15) is 18.4 Å². The lowest BCUT2D eigenvalue weighted by Gasteiger charge is -2.29. The zero-order valence-electron chi connectivity index (χ0n) is 17.9. The first-order valence-electron chi connectivity index (χ1n) is 10.0. The number of hydrogen-bond acceptors (Lipinski definition) is 5. The van der Waals surface area contributed by atoms with Crippen molar-refractivity contribution in [3.8, 4) is 6.07 Å². The Hall–Kier alpha value is -3.59. The van der Waals surface area contributed by atoms with Crippen LogP contribution < -0.4 is 15.5 Å². The van der Waals surface area contributed by atoms with E-state index in [2.05, 4.69) is 4.98 Å². The zero-order valence-corrected chi connectivity index (χ0v) is 18.7. The molecule has 4 rings (SSSR count). The minimum absolute atomic E-state index is 0.100. The number of hydrogen-bond donors (Lipinski definition) is 1. The number of carbonyl (C=O) groups is 2. The highest BCUT2D eigenvalue weighted by atomic mass is 32.1. The predicted octanol–water partition coefficient (Wildman–Crippen LogP) is 3.62. The van der Waals surface area contributed by atoms with E-state index < -0.39 is 46.2 Å². The molecule has 2 amide bonds. The van der Waals surface area contributed by atoms with Gasteiger partial charge >= 0.3 is 6.18 Å². The van der Waals surface area contributed by atoms with Gasteiger partial charge in [0.15, 0.2) is 10.9 Å². The van der Waals surface area contributed by atoms with Crippen LogP contribution in [-0.2, 0) is 15.8 Å². The van der Waals surface area contributed by atoms with Crippen molar-refractivity contribution in [2.24, 2.45) is 11.7 Å². The van der Waals surface area contributed by atoms with E-state index in [1.165, 1.54) is 31.0 Å². The van der Waals surface area contributed by atoms with E-state index in [9.17, 15) is 22.8 Å². The number of anilines is 2. The first-order valence-corrected chi connectivity index (χ1v) is 10.4. The predicted molar refractivity (Wildman–Crippen MR) is 117 cm³/mol. The molecule has 1 saturated carbocycles. The Kier molecular flexibility index (Phi) is 5.36. The van der Waals surface area contributed by atoms with Crippen molar-refractivity contribution in [3.05, 3.63) is 53.1 Å². The molecule has 1 aromatic heterocycles. The van der Waals surface area contributed by atoms with E-state index in [1.54, 1.807) is 12.1 Å². The molecule has 0 radical (unpaired) electrons. The third-order valence-electron chi connectivity index (χ3n) is 6.00. The fraction of sp³-hybridized carbons (Fsp3) is 0.318. The first kappa shape index (κ1) is 23.6. The van der Waals surface area contributed by atoms with Crippen molar-refractivity contribution in [1.29, 1.82) is 5.26 Å². The van der Waals surface area contributed by atoms with Gasteiger partial charge in [0.05, 0.1) is 29.2 Å². The van der Waals surface area contributed by atoms with Crippen LogP contribution in [0.15, 0.2) is 30.5 Å². The van der Waals surface area contributed by atoms with Gasteiger partial charge in [-0.05, 0) is 56.8 Å². The topological polar surface area (TPSA) is 103 Å². The zero-order chi connectivity index (χ0) is 25.2. The molecular formula is C22H17F4N5O2S. The highest BCUT2D eigenvalue weighted by Crippen LogP contribution is 2.47. The molecule has 2 unspecified atom stereocenters. The molecule has 34 heavy (non-hydrogen) atoms. The minimum Gasteiger partial charge on any atom is -0.369 e. The Morgan fingerprint density at radius 1 is 1.29 bits per heavy atom. The van der Waals surface area contributed by atoms with Crippen LogP contribution in [0.5, 0.6) is 0 Å². The largest absolute Gasteiger partial charge is 0.420 e. The van der Waals surface area contributed by atoms with E-state index in [0.29, 0.717) is 22.7 Å². The van der Waals surface area contributed by atoms with E-state index >= 15 is 4.39 Å². The highest BCUT2D eigenvalue weighted by Gasteiger charge is 2.52. The minimum atomic E-state index is -5.16. The molecule has 12 heteroatoms. The third kappa shape index (κ3) is 3.56. The molecule has 1 aliphatic heterocycles. The van der Waals surface area contributed by atoms with Gasteiger partial charge in [-0.25, -0.2) is 4.39 Å². The number of nitrogens with zero attached hydrogens (tertiary/aromatic N) is 4. The standard InChI is InChI=1S/C22H17F4N5O2S/c1-21(2)19(33)30(15-6-3-10(8-27)16(17(15)23)22(24,25)26)20(34)31(21)11-4-5-14(29-9-11)12-7-13(12)18(28)32/h3-6,9,12-13H,7H2,1-2H3,(H2,28,32). The molecule has 176 valence electrons. The van der Waals surface area contributed by atoms with Gasteiger partial charge in [0.2, 0.25) is 5.91 Å². The summed E-state index contributed by atoms with van der Waals surface area (Å²) in [6.45, 7) is 2.98. The van der Waals surface area contributed by atoms with E-state index in [1.807, 2.05) is 0 Å². The van der Waals surface area contributed by atoms with Crippen LogP contribution in [0, 0.1) is 23.1 Å². The van der Waals surface area contributed by atoms with Crippen molar-refractivity contribution >= 4 is 40.5 Å². The number of alkyl halides is 3. The summed E-state index contributed by atoms with van der Waals surface area (Å²) >= 11 is 5.39. The average molecular weight is 491 g/mol. The number of aromatic nitrogens is 1. The van der Waals surface area contributed by atoms with Gasteiger partial charge < -0.3 is 10.6 Å². The summed E-state index contributed by atoms with van der Waals surface area (Å²) in [5.74, 6) is -3.32. The molecule has 0 spiro atoms. The molecule has 2 heterocycles. The lowest BCUT2D eigenvalue weighted by atomic mass is 10.0. The van der Waals surface area contributed by atoms with Gasteiger partial charge in [0.25, 0.3) is 5.91 Å². The summed E-state index contributed by atoms with van der Waals surface area (Å²) in [5, 5.41) is 8.74. The maximum atomic E-state index is 15.1. The van der Waals surface area contributed by atoms with E-state index in [4.69, 9.17) is 23.2 Å². The van der Waals surface area contributed by atoms with Gasteiger partial charge in [-0.15, -0.1) is 0 Å². The molecular weight excluding hydrogens is 474 g/mol.